The van der Waals surface area contributed by atoms with Crippen molar-refractivity contribution in [3.8, 4) is 0 Å². The summed E-state index contributed by atoms with van der Waals surface area (Å²) in [5.74, 6) is -1.26. The van der Waals surface area contributed by atoms with Crippen LogP contribution in [-0.4, -0.2) is 27.3 Å². The summed E-state index contributed by atoms with van der Waals surface area (Å²) in [5, 5.41) is 14.7. The predicted octanol–water partition coefficient (Wildman–Crippen LogP) is 1.75. The number of nitrogens with one attached hydrogen (secondary N) is 1. The highest BCUT2D eigenvalue weighted by Crippen LogP contribution is 2.29. The molecule has 0 saturated heterocycles. The van der Waals surface area contributed by atoms with Crippen molar-refractivity contribution in [1.82, 2.24) is 25.5 Å². The standard InChI is InChI=1S/C11H12BrF2N5/c1-15-8(5-9-16-18-19(2)17-9)6-3-4-7(13)11(14)10(6)12/h3-4,8,15H,5H2,1-2H3. The lowest BCUT2D eigenvalue weighted by atomic mass is 10.0. The smallest absolute Gasteiger partial charge is 0.176 e. The molecule has 1 heterocycles. The van der Waals surface area contributed by atoms with Gasteiger partial charge in [-0.1, -0.05) is 6.07 Å². The van der Waals surface area contributed by atoms with E-state index in [-0.39, 0.29) is 10.5 Å². The number of nitrogens with zero attached hydrogens (tertiary/aromatic N) is 4. The van der Waals surface area contributed by atoms with E-state index in [9.17, 15) is 8.78 Å². The molecule has 1 unspecified atom stereocenters. The number of tetrazole rings is 1. The van der Waals surface area contributed by atoms with E-state index in [1.54, 1.807) is 14.1 Å². The lowest BCUT2D eigenvalue weighted by molar-refractivity contribution is 0.494. The lowest BCUT2D eigenvalue weighted by Gasteiger charge is -2.17. The van der Waals surface area contributed by atoms with Gasteiger partial charge in [-0.2, -0.15) is 4.80 Å². The van der Waals surface area contributed by atoms with E-state index in [4.69, 9.17) is 0 Å². The van der Waals surface area contributed by atoms with Crippen molar-refractivity contribution in [2.45, 2.75) is 12.5 Å². The highest BCUT2D eigenvalue weighted by Gasteiger charge is 2.19. The molecule has 2 rings (SSSR count). The number of aryl methyl sites for hydroxylation is 1. The molecule has 0 spiro atoms. The molecule has 19 heavy (non-hydrogen) atoms. The van der Waals surface area contributed by atoms with Crippen molar-refractivity contribution in [3.63, 3.8) is 0 Å². The molecule has 0 saturated carbocycles. The van der Waals surface area contributed by atoms with Crippen LogP contribution in [0.15, 0.2) is 16.6 Å². The Balaban J connectivity index is 2.29. The molecule has 0 amide bonds. The van der Waals surface area contributed by atoms with Crippen LogP contribution in [0.25, 0.3) is 0 Å². The third kappa shape index (κ3) is 2.95. The molecule has 0 radical (unpaired) electrons. The average molecular weight is 332 g/mol. The van der Waals surface area contributed by atoms with Crippen molar-refractivity contribution in [1.29, 1.82) is 0 Å². The van der Waals surface area contributed by atoms with E-state index in [0.717, 1.165) is 6.07 Å². The topological polar surface area (TPSA) is 55.6 Å². The zero-order valence-electron chi connectivity index (χ0n) is 10.4. The van der Waals surface area contributed by atoms with Crippen molar-refractivity contribution < 1.29 is 8.78 Å². The quantitative estimate of drug-likeness (QED) is 0.867. The van der Waals surface area contributed by atoms with Gasteiger partial charge >= 0.3 is 0 Å². The molecule has 2 aromatic rings. The molecule has 5 nitrogen and oxygen atoms in total. The molecule has 0 aliphatic heterocycles. The zero-order chi connectivity index (χ0) is 14.0. The van der Waals surface area contributed by atoms with Gasteiger partial charge in [-0.3, -0.25) is 0 Å². The molecular formula is C11H12BrF2N5. The van der Waals surface area contributed by atoms with Crippen molar-refractivity contribution in [2.24, 2.45) is 7.05 Å². The lowest BCUT2D eigenvalue weighted by Crippen LogP contribution is -2.20. The highest BCUT2D eigenvalue weighted by atomic mass is 79.9. The van der Waals surface area contributed by atoms with E-state index in [0.29, 0.717) is 17.8 Å². The number of likely N-dealkylation sites (N-methyl/N-ethyl adjacent to an activating group) is 1. The molecule has 0 aliphatic carbocycles. The third-order valence-corrected chi connectivity index (χ3v) is 3.53. The van der Waals surface area contributed by atoms with E-state index < -0.39 is 11.6 Å². The van der Waals surface area contributed by atoms with Crippen molar-refractivity contribution >= 4 is 15.9 Å². The van der Waals surface area contributed by atoms with Crippen LogP contribution in [0.4, 0.5) is 8.78 Å². The summed E-state index contributed by atoms with van der Waals surface area (Å²) < 4.78 is 26.7. The van der Waals surface area contributed by atoms with E-state index >= 15 is 0 Å². The van der Waals surface area contributed by atoms with Crippen LogP contribution in [0.2, 0.25) is 0 Å². The van der Waals surface area contributed by atoms with Gasteiger partial charge in [-0.15, -0.1) is 10.2 Å². The van der Waals surface area contributed by atoms with Gasteiger partial charge in [-0.05, 0) is 39.8 Å². The Morgan fingerprint density at radius 2 is 2.16 bits per heavy atom. The van der Waals surface area contributed by atoms with Gasteiger partial charge in [0.05, 0.1) is 11.5 Å². The van der Waals surface area contributed by atoms with E-state index in [1.165, 1.54) is 10.9 Å². The molecule has 102 valence electrons. The van der Waals surface area contributed by atoms with E-state index in [1.807, 2.05) is 0 Å². The number of halogens is 3. The number of rotatable bonds is 4. The second kappa shape index (κ2) is 5.70. The summed E-state index contributed by atoms with van der Waals surface area (Å²) in [7, 11) is 3.40. The molecule has 8 heteroatoms. The van der Waals surface area contributed by atoms with Gasteiger partial charge in [0.1, 0.15) is 0 Å². The molecule has 0 fully saturated rings. The monoisotopic (exact) mass is 331 g/mol. The largest absolute Gasteiger partial charge is 0.313 e. The maximum Gasteiger partial charge on any atom is 0.176 e. The first-order valence-electron chi connectivity index (χ1n) is 5.56. The summed E-state index contributed by atoms with van der Waals surface area (Å²) in [6.45, 7) is 0. The van der Waals surface area contributed by atoms with Gasteiger partial charge < -0.3 is 5.32 Å². The first-order valence-corrected chi connectivity index (χ1v) is 6.35. The Kier molecular flexibility index (Phi) is 4.20. The Morgan fingerprint density at radius 3 is 2.74 bits per heavy atom. The van der Waals surface area contributed by atoms with Crippen LogP contribution in [0.3, 0.4) is 0 Å². The molecule has 1 N–H and O–H groups in total. The fourth-order valence-corrected chi connectivity index (χ4v) is 2.36. The van der Waals surface area contributed by atoms with Gasteiger partial charge in [0.2, 0.25) is 0 Å². The summed E-state index contributed by atoms with van der Waals surface area (Å²) in [6, 6.07) is 2.39. The summed E-state index contributed by atoms with van der Waals surface area (Å²) in [6.07, 6.45) is 0.425. The van der Waals surface area contributed by atoms with Crippen molar-refractivity contribution in [3.05, 3.63) is 39.6 Å². The molecule has 0 bridgehead atoms. The molecule has 0 aliphatic rings. The van der Waals surface area contributed by atoms with E-state index in [2.05, 4.69) is 36.7 Å². The predicted molar refractivity (Wildman–Crippen MR) is 68.4 cm³/mol. The normalized spacial score (nSPS) is 12.7. The van der Waals surface area contributed by atoms with Gasteiger partial charge in [0.25, 0.3) is 0 Å². The minimum absolute atomic E-state index is 0.107. The molecule has 1 aromatic heterocycles. The first-order chi connectivity index (χ1) is 9.02. The Hall–Kier alpha value is -1.41. The Labute approximate surface area is 117 Å². The molecule has 1 atom stereocenters. The highest BCUT2D eigenvalue weighted by molar-refractivity contribution is 9.10. The second-order valence-corrected chi connectivity index (χ2v) is 4.80. The minimum atomic E-state index is -0.898. The average Bonchev–Trinajstić information content (AvgIpc) is 2.80. The van der Waals surface area contributed by atoms with Crippen molar-refractivity contribution in [2.75, 3.05) is 7.05 Å². The van der Waals surface area contributed by atoms with Crippen LogP contribution >= 0.6 is 15.9 Å². The third-order valence-electron chi connectivity index (χ3n) is 2.73. The van der Waals surface area contributed by atoms with Gasteiger partial charge in [0.15, 0.2) is 17.5 Å². The summed E-state index contributed by atoms with van der Waals surface area (Å²) in [4.78, 5) is 1.35. The number of benzene rings is 1. The SMILES string of the molecule is CNC(Cc1nnn(C)n1)c1ccc(F)c(F)c1Br. The number of hydrogen-bond acceptors (Lipinski definition) is 4. The van der Waals surface area contributed by atoms with Crippen LogP contribution < -0.4 is 5.32 Å². The van der Waals surface area contributed by atoms with Gasteiger partial charge in [0, 0.05) is 12.5 Å². The van der Waals surface area contributed by atoms with Crippen LogP contribution in [0.5, 0.6) is 0 Å². The second-order valence-electron chi connectivity index (χ2n) is 4.01. The number of hydrogen-bond donors (Lipinski definition) is 1. The van der Waals surface area contributed by atoms with Crippen LogP contribution in [0, 0.1) is 11.6 Å². The maximum atomic E-state index is 13.5. The molecule has 1 aromatic carbocycles. The Morgan fingerprint density at radius 1 is 1.42 bits per heavy atom. The van der Waals surface area contributed by atoms with Crippen LogP contribution in [0.1, 0.15) is 17.4 Å². The molecular weight excluding hydrogens is 320 g/mol. The van der Waals surface area contributed by atoms with Crippen LogP contribution in [-0.2, 0) is 13.5 Å². The summed E-state index contributed by atoms with van der Waals surface area (Å²) >= 11 is 3.07. The fourth-order valence-electron chi connectivity index (χ4n) is 1.77. The first kappa shape index (κ1) is 14.0. The maximum absolute atomic E-state index is 13.5. The van der Waals surface area contributed by atoms with Gasteiger partial charge in [-0.25, -0.2) is 8.78 Å². The number of aromatic nitrogens is 4. The summed E-state index contributed by atoms with van der Waals surface area (Å²) in [5.41, 5.74) is 0.605. The fraction of sp³-hybridized carbons (Fsp3) is 0.364. The Bertz CT molecular complexity index is 586. The minimum Gasteiger partial charge on any atom is -0.313 e. The zero-order valence-corrected chi connectivity index (χ0v) is 11.9.